The van der Waals surface area contributed by atoms with Crippen molar-refractivity contribution in [2.75, 3.05) is 10.6 Å². The summed E-state index contributed by atoms with van der Waals surface area (Å²) in [6.45, 7) is -0.589. The number of rotatable bonds is 7. The van der Waals surface area contributed by atoms with E-state index in [0.29, 0.717) is 11.4 Å². The number of carbonyl (C=O) groups is 2. The Morgan fingerprint density at radius 2 is 1.51 bits per heavy atom. The van der Waals surface area contributed by atoms with Crippen molar-refractivity contribution in [1.29, 1.82) is 0 Å². The van der Waals surface area contributed by atoms with Crippen molar-refractivity contribution in [3.63, 3.8) is 0 Å². The molecule has 2 aromatic carbocycles. The van der Waals surface area contributed by atoms with Crippen LogP contribution in [0.5, 0.6) is 5.75 Å². The summed E-state index contributed by atoms with van der Waals surface area (Å²) in [5.74, 6) is -9.04. The maximum atomic E-state index is 13.7. The van der Waals surface area contributed by atoms with Crippen LogP contribution in [0, 0.1) is 23.3 Å². The van der Waals surface area contributed by atoms with Crippen LogP contribution in [0.25, 0.3) is 0 Å². The second-order valence-corrected chi connectivity index (χ2v) is 7.21. The number of ether oxygens (including phenoxy) is 1. The van der Waals surface area contributed by atoms with E-state index in [9.17, 15) is 27.2 Å². The molecule has 0 spiro atoms. The number of amides is 2. The molecule has 0 aliphatic rings. The Kier molecular flexibility index (Phi) is 6.53. The second kappa shape index (κ2) is 9.71. The van der Waals surface area contributed by atoms with E-state index >= 15 is 0 Å². The quantitative estimate of drug-likeness (QED) is 0.292. The summed E-state index contributed by atoms with van der Waals surface area (Å²) in [4.78, 5) is 24.5. The Morgan fingerprint density at radius 1 is 0.914 bits per heavy atom. The van der Waals surface area contributed by atoms with Crippen LogP contribution in [0.15, 0.2) is 59.1 Å². The summed E-state index contributed by atoms with van der Waals surface area (Å²) in [7, 11) is 1.69. The summed E-state index contributed by atoms with van der Waals surface area (Å²) in [5.41, 5.74) is 1.11. The zero-order valence-electron chi connectivity index (χ0n) is 17.9. The molecular weight excluding hydrogens is 472 g/mol. The highest BCUT2D eigenvalue weighted by Gasteiger charge is 2.21. The number of nitrogens with one attached hydrogen (secondary N) is 2. The molecule has 0 aliphatic heterocycles. The Hall–Kier alpha value is -4.61. The third kappa shape index (κ3) is 5.32. The number of anilines is 2. The van der Waals surface area contributed by atoms with E-state index < -0.39 is 47.4 Å². The van der Waals surface area contributed by atoms with Gasteiger partial charge in [-0.15, -0.1) is 0 Å². The van der Waals surface area contributed by atoms with Gasteiger partial charge in [0.15, 0.2) is 28.8 Å². The molecule has 0 saturated carbocycles. The van der Waals surface area contributed by atoms with E-state index in [1.165, 1.54) is 16.8 Å². The van der Waals surface area contributed by atoms with Gasteiger partial charge in [-0.3, -0.25) is 14.3 Å². The molecular formula is C23H16F4N4O4. The first-order valence-corrected chi connectivity index (χ1v) is 9.98. The molecule has 2 amide bonds. The summed E-state index contributed by atoms with van der Waals surface area (Å²) in [5, 5.41) is 9.25. The van der Waals surface area contributed by atoms with E-state index in [1.54, 1.807) is 43.6 Å². The number of hydrogen-bond acceptors (Lipinski definition) is 5. The lowest BCUT2D eigenvalue weighted by Crippen LogP contribution is -2.13. The topological polar surface area (TPSA) is 98.4 Å². The van der Waals surface area contributed by atoms with Crippen LogP contribution in [0.2, 0.25) is 0 Å². The monoisotopic (exact) mass is 488 g/mol. The average molecular weight is 488 g/mol. The molecule has 2 aromatic heterocycles. The first kappa shape index (κ1) is 23.5. The largest absolute Gasteiger partial charge is 0.479 e. The van der Waals surface area contributed by atoms with Gasteiger partial charge >= 0.3 is 0 Å². The number of carbonyl (C=O) groups excluding carboxylic acids is 2. The summed E-state index contributed by atoms with van der Waals surface area (Å²) in [6, 6.07) is 10.4. The molecule has 35 heavy (non-hydrogen) atoms. The summed E-state index contributed by atoms with van der Waals surface area (Å²) < 4.78 is 65.5. The average Bonchev–Trinajstić information content (AvgIpc) is 3.48. The highest BCUT2D eigenvalue weighted by Crippen LogP contribution is 2.27. The minimum atomic E-state index is -1.69. The van der Waals surface area contributed by atoms with E-state index in [0.717, 1.165) is 0 Å². The lowest BCUT2D eigenvalue weighted by Gasteiger charge is -2.08. The fourth-order valence-electron chi connectivity index (χ4n) is 2.96. The normalized spacial score (nSPS) is 10.8. The predicted octanol–water partition coefficient (Wildman–Crippen LogP) is 4.65. The lowest BCUT2D eigenvalue weighted by atomic mass is 10.2. The third-order valence-electron chi connectivity index (χ3n) is 4.66. The van der Waals surface area contributed by atoms with Crippen LogP contribution in [0.4, 0.5) is 28.9 Å². The van der Waals surface area contributed by atoms with Crippen LogP contribution >= 0.6 is 0 Å². The van der Waals surface area contributed by atoms with Crippen molar-refractivity contribution >= 4 is 23.2 Å². The molecule has 4 aromatic rings. The first-order valence-electron chi connectivity index (χ1n) is 9.98. The highest BCUT2D eigenvalue weighted by atomic mass is 19.2. The van der Waals surface area contributed by atoms with E-state index in [2.05, 4.69) is 15.7 Å². The number of halogens is 4. The molecule has 2 N–H and O–H groups in total. The van der Waals surface area contributed by atoms with Crippen molar-refractivity contribution in [2.45, 2.75) is 6.61 Å². The summed E-state index contributed by atoms with van der Waals surface area (Å²) >= 11 is 0. The van der Waals surface area contributed by atoms with Crippen LogP contribution < -0.4 is 15.4 Å². The van der Waals surface area contributed by atoms with Gasteiger partial charge < -0.3 is 19.8 Å². The second-order valence-electron chi connectivity index (χ2n) is 7.21. The van der Waals surface area contributed by atoms with E-state index in [-0.39, 0.29) is 23.3 Å². The van der Waals surface area contributed by atoms with Gasteiger partial charge in [0, 0.05) is 30.7 Å². The Labute approximate surface area is 195 Å². The lowest BCUT2D eigenvalue weighted by molar-refractivity contribution is 0.0990. The fourth-order valence-corrected chi connectivity index (χ4v) is 2.96. The van der Waals surface area contributed by atoms with Crippen LogP contribution in [-0.2, 0) is 13.7 Å². The minimum Gasteiger partial charge on any atom is -0.479 e. The van der Waals surface area contributed by atoms with Gasteiger partial charge in [-0.1, -0.05) is 0 Å². The standard InChI is InChI=1S/C23H16F4N4O4/c1-31-9-8-17(30-31)22(32)28-12-2-4-13(5-3-12)29-23(33)18-7-6-14(35-18)11-34-21-19(26)15(24)10-16(25)20(21)27/h2-10H,11H2,1H3,(H,28,32)(H,29,33). The van der Waals surface area contributed by atoms with Gasteiger partial charge in [0.05, 0.1) is 0 Å². The van der Waals surface area contributed by atoms with E-state index in [1.807, 2.05) is 0 Å². The number of benzene rings is 2. The Balaban J connectivity index is 1.35. The van der Waals surface area contributed by atoms with Crippen LogP contribution in [0.1, 0.15) is 26.8 Å². The van der Waals surface area contributed by atoms with Crippen molar-refractivity contribution in [2.24, 2.45) is 7.05 Å². The number of nitrogens with zero attached hydrogens (tertiary/aromatic N) is 2. The molecule has 0 unspecified atom stereocenters. The number of aromatic nitrogens is 2. The van der Waals surface area contributed by atoms with Gasteiger partial charge in [0.1, 0.15) is 12.4 Å². The molecule has 0 bridgehead atoms. The molecule has 0 radical (unpaired) electrons. The molecule has 8 nitrogen and oxygen atoms in total. The van der Waals surface area contributed by atoms with Gasteiger partial charge in [-0.2, -0.15) is 13.9 Å². The zero-order chi connectivity index (χ0) is 25.1. The number of furan rings is 1. The van der Waals surface area contributed by atoms with Crippen LogP contribution in [0.3, 0.4) is 0 Å². The molecule has 0 atom stereocenters. The van der Waals surface area contributed by atoms with E-state index in [4.69, 9.17) is 9.15 Å². The smallest absolute Gasteiger partial charge is 0.291 e. The molecule has 0 aliphatic carbocycles. The molecule has 180 valence electrons. The number of hydrogen-bond donors (Lipinski definition) is 2. The van der Waals surface area contributed by atoms with Gasteiger partial charge in [-0.25, -0.2) is 8.78 Å². The maximum Gasteiger partial charge on any atom is 0.291 e. The highest BCUT2D eigenvalue weighted by molar-refractivity contribution is 6.04. The first-order chi connectivity index (χ1) is 16.7. The molecule has 2 heterocycles. The molecule has 0 fully saturated rings. The van der Waals surface area contributed by atoms with Crippen molar-refractivity contribution in [3.8, 4) is 5.75 Å². The predicted molar refractivity (Wildman–Crippen MR) is 115 cm³/mol. The maximum absolute atomic E-state index is 13.7. The number of aryl methyl sites for hydroxylation is 1. The molecule has 4 rings (SSSR count). The minimum absolute atomic E-state index is 0.0220. The Morgan fingerprint density at radius 3 is 2.09 bits per heavy atom. The summed E-state index contributed by atoms with van der Waals surface area (Å²) in [6.07, 6.45) is 1.64. The molecule has 0 saturated heterocycles. The van der Waals surface area contributed by atoms with Crippen LogP contribution in [-0.4, -0.2) is 21.6 Å². The SMILES string of the molecule is Cn1ccc(C(=O)Nc2ccc(NC(=O)c3ccc(COc4c(F)c(F)cc(F)c4F)o3)cc2)n1. The Bertz CT molecular complexity index is 1370. The molecule has 12 heteroatoms. The zero-order valence-corrected chi connectivity index (χ0v) is 17.9. The third-order valence-corrected chi connectivity index (χ3v) is 4.66. The van der Waals surface area contributed by atoms with Crippen molar-refractivity contribution in [3.05, 3.63) is 95.2 Å². The van der Waals surface area contributed by atoms with Crippen molar-refractivity contribution in [1.82, 2.24) is 9.78 Å². The fraction of sp³-hybridized carbons (Fsp3) is 0.0870. The van der Waals surface area contributed by atoms with Gasteiger partial charge in [-0.05, 0) is 42.5 Å². The van der Waals surface area contributed by atoms with Gasteiger partial charge in [0.25, 0.3) is 11.8 Å². The van der Waals surface area contributed by atoms with Gasteiger partial charge in [0.2, 0.25) is 11.6 Å². The van der Waals surface area contributed by atoms with Crippen molar-refractivity contribution < 1.29 is 36.3 Å².